The van der Waals surface area contributed by atoms with Crippen molar-refractivity contribution in [3.63, 3.8) is 0 Å². The maximum Gasteiger partial charge on any atom is 0.326 e. The molecule has 130 valence electrons. The number of pyridine rings is 1. The SMILES string of the molecule is NCC(=O)N1[C@@H]2CC[C@H]1CC(n1c(=O)[nH]c3cnc4[nH]ccc4c31)C2. The molecule has 2 bridgehead atoms. The van der Waals surface area contributed by atoms with Crippen molar-refractivity contribution in [3.05, 3.63) is 28.9 Å². The number of carbonyl (C=O) groups excluding carboxylic acids is 1. The molecule has 3 aromatic heterocycles. The summed E-state index contributed by atoms with van der Waals surface area (Å²) in [6.07, 6.45) is 7.11. The summed E-state index contributed by atoms with van der Waals surface area (Å²) in [4.78, 5) is 37.2. The van der Waals surface area contributed by atoms with Crippen LogP contribution in [0.2, 0.25) is 0 Å². The Morgan fingerprint density at radius 2 is 2.04 bits per heavy atom. The van der Waals surface area contributed by atoms with Gasteiger partial charge in [-0.3, -0.25) is 9.36 Å². The number of H-pyrrole nitrogens is 2. The molecule has 5 heterocycles. The Morgan fingerprint density at radius 1 is 1.28 bits per heavy atom. The number of aromatic nitrogens is 4. The number of nitrogens with two attached hydrogens (primary N) is 1. The molecule has 2 aliphatic rings. The number of imidazole rings is 1. The number of nitrogens with zero attached hydrogens (tertiary/aromatic N) is 3. The highest BCUT2D eigenvalue weighted by Gasteiger charge is 2.43. The minimum atomic E-state index is -0.103. The molecule has 2 fully saturated rings. The van der Waals surface area contributed by atoms with Gasteiger partial charge in [-0.15, -0.1) is 0 Å². The van der Waals surface area contributed by atoms with E-state index in [2.05, 4.69) is 15.0 Å². The number of carbonyl (C=O) groups is 1. The zero-order valence-corrected chi connectivity index (χ0v) is 13.7. The third kappa shape index (κ3) is 2.00. The first-order valence-electron chi connectivity index (χ1n) is 8.75. The van der Waals surface area contributed by atoms with E-state index in [1.54, 1.807) is 6.20 Å². The van der Waals surface area contributed by atoms with E-state index in [0.717, 1.165) is 47.8 Å². The van der Waals surface area contributed by atoms with Gasteiger partial charge in [0.25, 0.3) is 0 Å². The van der Waals surface area contributed by atoms with Crippen molar-refractivity contribution < 1.29 is 4.79 Å². The van der Waals surface area contributed by atoms with E-state index in [-0.39, 0.29) is 36.3 Å². The first kappa shape index (κ1) is 14.7. The van der Waals surface area contributed by atoms with Gasteiger partial charge in [-0.05, 0) is 31.7 Å². The van der Waals surface area contributed by atoms with Crippen molar-refractivity contribution in [2.45, 2.75) is 43.8 Å². The van der Waals surface area contributed by atoms with Gasteiger partial charge in [0.1, 0.15) is 5.65 Å². The van der Waals surface area contributed by atoms with Crippen LogP contribution in [0.4, 0.5) is 0 Å². The Morgan fingerprint density at radius 3 is 2.76 bits per heavy atom. The van der Waals surface area contributed by atoms with Crippen molar-refractivity contribution in [1.29, 1.82) is 0 Å². The van der Waals surface area contributed by atoms with Gasteiger partial charge >= 0.3 is 5.69 Å². The van der Waals surface area contributed by atoms with Crippen LogP contribution in [0.15, 0.2) is 23.3 Å². The van der Waals surface area contributed by atoms with Crippen LogP contribution in [0.5, 0.6) is 0 Å². The highest BCUT2D eigenvalue weighted by molar-refractivity contribution is 6.00. The quantitative estimate of drug-likeness (QED) is 0.642. The lowest BCUT2D eigenvalue weighted by atomic mass is 9.96. The predicted molar refractivity (Wildman–Crippen MR) is 93.2 cm³/mol. The average Bonchev–Trinajstić information content (AvgIpc) is 3.27. The molecule has 3 atom stereocenters. The molecular formula is C17H20N6O2. The summed E-state index contributed by atoms with van der Waals surface area (Å²) in [5.41, 5.74) is 7.90. The minimum Gasteiger partial charge on any atom is -0.346 e. The summed E-state index contributed by atoms with van der Waals surface area (Å²) in [7, 11) is 0. The largest absolute Gasteiger partial charge is 0.346 e. The maximum absolute atomic E-state index is 12.7. The Labute approximate surface area is 143 Å². The van der Waals surface area contributed by atoms with E-state index < -0.39 is 0 Å². The Balaban J connectivity index is 1.61. The second-order valence-electron chi connectivity index (χ2n) is 7.08. The number of hydrogen-bond acceptors (Lipinski definition) is 4. The molecule has 1 unspecified atom stereocenters. The fourth-order valence-corrected chi connectivity index (χ4v) is 4.84. The van der Waals surface area contributed by atoms with Gasteiger partial charge in [0, 0.05) is 29.7 Å². The minimum absolute atomic E-state index is 0.0226. The summed E-state index contributed by atoms with van der Waals surface area (Å²) in [6, 6.07) is 2.40. The van der Waals surface area contributed by atoms with Crippen molar-refractivity contribution >= 4 is 28.0 Å². The molecule has 0 saturated carbocycles. The maximum atomic E-state index is 12.7. The van der Waals surface area contributed by atoms with Gasteiger partial charge in [-0.1, -0.05) is 0 Å². The molecule has 2 saturated heterocycles. The summed E-state index contributed by atoms with van der Waals surface area (Å²) in [5, 5.41) is 0.948. The number of rotatable bonds is 2. The summed E-state index contributed by atoms with van der Waals surface area (Å²) in [6.45, 7) is 0.0559. The Hall–Kier alpha value is -2.61. The van der Waals surface area contributed by atoms with E-state index in [4.69, 9.17) is 5.73 Å². The fraction of sp³-hybridized carbons (Fsp3) is 0.471. The molecule has 8 heteroatoms. The van der Waals surface area contributed by atoms with Gasteiger partial charge in [0.05, 0.1) is 23.8 Å². The normalized spacial score (nSPS) is 26.0. The van der Waals surface area contributed by atoms with Crippen LogP contribution >= 0.6 is 0 Å². The average molecular weight is 340 g/mol. The van der Waals surface area contributed by atoms with Gasteiger partial charge in [0.15, 0.2) is 0 Å². The highest BCUT2D eigenvalue weighted by Crippen LogP contribution is 2.41. The van der Waals surface area contributed by atoms with E-state index in [1.807, 2.05) is 21.7 Å². The number of hydrogen-bond donors (Lipinski definition) is 3. The number of nitrogens with one attached hydrogen (secondary N) is 2. The van der Waals surface area contributed by atoms with Crippen molar-refractivity contribution in [2.75, 3.05) is 6.54 Å². The molecule has 2 aliphatic heterocycles. The Kier molecular flexibility index (Phi) is 3.05. The van der Waals surface area contributed by atoms with Crippen molar-refractivity contribution in [2.24, 2.45) is 5.73 Å². The number of piperidine rings is 1. The van der Waals surface area contributed by atoms with Crippen LogP contribution in [-0.2, 0) is 4.79 Å². The zero-order valence-electron chi connectivity index (χ0n) is 13.7. The predicted octanol–water partition coefficient (Wildman–Crippen LogP) is 0.859. The summed E-state index contributed by atoms with van der Waals surface area (Å²) < 4.78 is 1.88. The molecule has 25 heavy (non-hydrogen) atoms. The third-order valence-electron chi connectivity index (χ3n) is 5.80. The third-order valence-corrected chi connectivity index (χ3v) is 5.80. The lowest BCUT2D eigenvalue weighted by Gasteiger charge is -2.39. The summed E-state index contributed by atoms with van der Waals surface area (Å²) >= 11 is 0. The molecule has 3 aromatic rings. The van der Waals surface area contributed by atoms with E-state index >= 15 is 0 Å². The van der Waals surface area contributed by atoms with Gasteiger partial charge in [-0.2, -0.15) is 0 Å². The van der Waals surface area contributed by atoms with E-state index in [0.29, 0.717) is 0 Å². The van der Waals surface area contributed by atoms with E-state index in [1.165, 1.54) is 0 Å². The molecule has 4 N–H and O–H groups in total. The number of aromatic amines is 2. The number of amides is 1. The van der Waals surface area contributed by atoms with Crippen LogP contribution in [0.3, 0.4) is 0 Å². The molecular weight excluding hydrogens is 320 g/mol. The van der Waals surface area contributed by atoms with Gasteiger partial charge < -0.3 is 20.6 Å². The second kappa shape index (κ2) is 5.19. The van der Waals surface area contributed by atoms with Crippen LogP contribution in [-0.4, -0.2) is 49.0 Å². The number of fused-ring (bicyclic) bond motifs is 5. The van der Waals surface area contributed by atoms with Crippen molar-refractivity contribution in [3.8, 4) is 0 Å². The second-order valence-corrected chi connectivity index (χ2v) is 7.08. The van der Waals surface area contributed by atoms with Crippen LogP contribution < -0.4 is 11.4 Å². The molecule has 0 spiro atoms. The summed E-state index contributed by atoms with van der Waals surface area (Å²) in [5.74, 6) is 0.0226. The lowest BCUT2D eigenvalue weighted by molar-refractivity contribution is -0.134. The molecule has 0 aliphatic carbocycles. The first-order chi connectivity index (χ1) is 12.2. The molecule has 0 aromatic carbocycles. The van der Waals surface area contributed by atoms with Gasteiger partial charge in [-0.25, -0.2) is 9.78 Å². The molecule has 1 amide bonds. The van der Waals surface area contributed by atoms with Crippen LogP contribution in [0.1, 0.15) is 31.7 Å². The van der Waals surface area contributed by atoms with Crippen LogP contribution in [0.25, 0.3) is 22.1 Å². The zero-order chi connectivity index (χ0) is 17.1. The Bertz CT molecular complexity index is 1020. The molecule has 5 rings (SSSR count). The molecule has 8 nitrogen and oxygen atoms in total. The van der Waals surface area contributed by atoms with Crippen LogP contribution in [0, 0.1) is 0 Å². The van der Waals surface area contributed by atoms with Crippen molar-refractivity contribution in [1.82, 2.24) is 24.4 Å². The standard InChI is InChI=1S/C17H20N6O2/c18-7-14(24)22-9-1-2-10(22)6-11(5-9)23-15-12-3-4-19-16(12)20-8-13(15)21-17(23)25/h3-4,8-11H,1-2,5-7,18H2,(H,19,20)(H,21,25)/t9-,10+,11?. The lowest BCUT2D eigenvalue weighted by Crippen LogP contribution is -2.49. The highest BCUT2D eigenvalue weighted by atomic mass is 16.2. The first-order valence-corrected chi connectivity index (χ1v) is 8.75. The molecule has 0 radical (unpaired) electrons. The smallest absolute Gasteiger partial charge is 0.326 e. The van der Waals surface area contributed by atoms with E-state index in [9.17, 15) is 9.59 Å². The topological polar surface area (TPSA) is 113 Å². The van der Waals surface area contributed by atoms with Gasteiger partial charge in [0.2, 0.25) is 5.91 Å². The fourth-order valence-electron chi connectivity index (χ4n) is 4.84. The monoisotopic (exact) mass is 340 g/mol.